The molecule has 0 fully saturated rings. The van der Waals surface area contributed by atoms with Gasteiger partial charge in [0.2, 0.25) is 0 Å². The fourth-order valence-electron chi connectivity index (χ4n) is 1.63. The molecule has 0 unspecified atom stereocenters. The van der Waals surface area contributed by atoms with Crippen molar-refractivity contribution in [2.75, 3.05) is 26.1 Å². The first-order valence-electron chi connectivity index (χ1n) is 5.56. The zero-order valence-corrected chi connectivity index (χ0v) is 10.5. The number of nitrogens with zero attached hydrogens (tertiary/aromatic N) is 3. The van der Waals surface area contributed by atoms with Gasteiger partial charge in [0.1, 0.15) is 11.6 Å². The molecule has 5 heteroatoms. The van der Waals surface area contributed by atoms with Gasteiger partial charge in [0, 0.05) is 24.2 Å². The Balaban J connectivity index is 2.92. The Morgan fingerprint density at radius 1 is 1.31 bits per heavy atom. The van der Waals surface area contributed by atoms with Gasteiger partial charge in [0.15, 0.2) is 0 Å². The van der Waals surface area contributed by atoms with E-state index >= 15 is 0 Å². The Labute approximate surface area is 97.0 Å². The highest BCUT2D eigenvalue weighted by Gasteiger charge is 2.09. The Bertz CT molecular complexity index is 348. The van der Waals surface area contributed by atoms with Crippen LogP contribution in [0.4, 0.5) is 5.82 Å². The SMILES string of the molecule is CCc1c(C)nc(CCN(C)C)nc1NN. The van der Waals surface area contributed by atoms with E-state index in [2.05, 4.69) is 27.2 Å². The van der Waals surface area contributed by atoms with Crippen molar-refractivity contribution < 1.29 is 0 Å². The molecule has 1 aromatic rings. The van der Waals surface area contributed by atoms with Crippen LogP contribution >= 0.6 is 0 Å². The number of hydrogen-bond acceptors (Lipinski definition) is 5. The Morgan fingerprint density at radius 2 is 2.00 bits per heavy atom. The smallest absolute Gasteiger partial charge is 0.147 e. The fraction of sp³-hybridized carbons (Fsp3) is 0.636. The monoisotopic (exact) mass is 223 g/mol. The Kier molecular flexibility index (Phi) is 4.64. The molecule has 0 aliphatic heterocycles. The lowest BCUT2D eigenvalue weighted by Crippen LogP contribution is -2.19. The molecule has 0 atom stereocenters. The van der Waals surface area contributed by atoms with Crippen molar-refractivity contribution in [1.29, 1.82) is 0 Å². The lowest BCUT2D eigenvalue weighted by molar-refractivity contribution is 0.409. The van der Waals surface area contributed by atoms with Gasteiger partial charge in [-0.2, -0.15) is 0 Å². The van der Waals surface area contributed by atoms with E-state index in [0.717, 1.165) is 42.3 Å². The highest BCUT2D eigenvalue weighted by atomic mass is 15.3. The van der Waals surface area contributed by atoms with E-state index in [4.69, 9.17) is 5.84 Å². The number of likely N-dealkylation sites (N-methyl/N-ethyl adjacent to an activating group) is 1. The summed E-state index contributed by atoms with van der Waals surface area (Å²) in [6.07, 6.45) is 1.73. The number of aromatic nitrogens is 2. The Morgan fingerprint density at radius 3 is 2.50 bits per heavy atom. The summed E-state index contributed by atoms with van der Waals surface area (Å²) < 4.78 is 0. The zero-order valence-electron chi connectivity index (χ0n) is 10.5. The molecule has 0 saturated carbocycles. The van der Waals surface area contributed by atoms with E-state index in [1.807, 2.05) is 21.0 Å². The number of nitrogens with one attached hydrogen (secondary N) is 1. The number of rotatable bonds is 5. The van der Waals surface area contributed by atoms with Crippen LogP contribution in [0.15, 0.2) is 0 Å². The lowest BCUT2D eigenvalue weighted by atomic mass is 10.1. The second-order valence-corrected chi connectivity index (χ2v) is 4.10. The zero-order chi connectivity index (χ0) is 12.1. The second kappa shape index (κ2) is 5.77. The summed E-state index contributed by atoms with van der Waals surface area (Å²) >= 11 is 0. The van der Waals surface area contributed by atoms with Crippen molar-refractivity contribution in [3.63, 3.8) is 0 Å². The van der Waals surface area contributed by atoms with Crippen molar-refractivity contribution in [2.45, 2.75) is 26.7 Å². The topological polar surface area (TPSA) is 67.1 Å². The minimum atomic E-state index is 0.753. The molecule has 0 saturated heterocycles. The summed E-state index contributed by atoms with van der Waals surface area (Å²) in [5, 5.41) is 0. The highest BCUT2D eigenvalue weighted by Crippen LogP contribution is 2.15. The molecule has 1 aromatic heterocycles. The first kappa shape index (κ1) is 12.9. The molecule has 90 valence electrons. The van der Waals surface area contributed by atoms with Gasteiger partial charge >= 0.3 is 0 Å². The fourth-order valence-corrected chi connectivity index (χ4v) is 1.63. The van der Waals surface area contributed by atoms with Crippen LogP contribution in [-0.2, 0) is 12.8 Å². The maximum atomic E-state index is 5.47. The standard InChI is InChI=1S/C11H21N5/c1-5-9-8(2)13-10(6-7-16(3)4)14-11(9)15-12/h5-7,12H2,1-4H3,(H,13,14,15). The Hall–Kier alpha value is -1.20. The molecule has 0 aromatic carbocycles. The van der Waals surface area contributed by atoms with Crippen LogP contribution in [0.3, 0.4) is 0 Å². The lowest BCUT2D eigenvalue weighted by Gasteiger charge is -2.13. The van der Waals surface area contributed by atoms with Crippen LogP contribution in [0.1, 0.15) is 24.0 Å². The molecule has 0 aliphatic rings. The average Bonchev–Trinajstić information content (AvgIpc) is 2.25. The van der Waals surface area contributed by atoms with Crippen molar-refractivity contribution in [2.24, 2.45) is 5.84 Å². The molecular formula is C11H21N5. The van der Waals surface area contributed by atoms with Crippen LogP contribution in [-0.4, -0.2) is 35.5 Å². The molecule has 16 heavy (non-hydrogen) atoms. The van der Waals surface area contributed by atoms with Crippen molar-refractivity contribution >= 4 is 5.82 Å². The summed E-state index contributed by atoms with van der Waals surface area (Å²) in [4.78, 5) is 11.0. The van der Waals surface area contributed by atoms with E-state index in [9.17, 15) is 0 Å². The summed E-state index contributed by atoms with van der Waals surface area (Å²) in [5.41, 5.74) is 4.76. The number of anilines is 1. The van der Waals surface area contributed by atoms with E-state index < -0.39 is 0 Å². The molecule has 0 amide bonds. The average molecular weight is 223 g/mol. The van der Waals surface area contributed by atoms with Crippen LogP contribution in [0.5, 0.6) is 0 Å². The van der Waals surface area contributed by atoms with Gasteiger partial charge < -0.3 is 10.3 Å². The van der Waals surface area contributed by atoms with E-state index in [0.29, 0.717) is 0 Å². The maximum Gasteiger partial charge on any atom is 0.147 e. The number of nitrogen functional groups attached to an aromatic ring is 1. The first-order chi connectivity index (χ1) is 7.58. The van der Waals surface area contributed by atoms with Gasteiger partial charge in [-0.05, 0) is 27.4 Å². The van der Waals surface area contributed by atoms with E-state index in [1.165, 1.54) is 0 Å². The quantitative estimate of drug-likeness (QED) is 0.569. The van der Waals surface area contributed by atoms with Gasteiger partial charge in [-0.15, -0.1) is 0 Å². The van der Waals surface area contributed by atoms with Gasteiger partial charge in [0.25, 0.3) is 0 Å². The maximum absolute atomic E-state index is 5.47. The summed E-state index contributed by atoms with van der Waals surface area (Å²) in [5.74, 6) is 7.07. The minimum Gasteiger partial charge on any atom is -0.309 e. The van der Waals surface area contributed by atoms with Crippen molar-refractivity contribution in [3.8, 4) is 0 Å². The molecule has 0 radical (unpaired) electrons. The van der Waals surface area contributed by atoms with Crippen LogP contribution in [0.25, 0.3) is 0 Å². The molecule has 0 aliphatic carbocycles. The normalized spacial score (nSPS) is 10.9. The van der Waals surface area contributed by atoms with E-state index in [1.54, 1.807) is 0 Å². The highest BCUT2D eigenvalue weighted by molar-refractivity contribution is 5.45. The minimum absolute atomic E-state index is 0.753. The first-order valence-corrected chi connectivity index (χ1v) is 5.56. The number of aryl methyl sites for hydroxylation is 1. The third-order valence-electron chi connectivity index (χ3n) is 2.53. The largest absolute Gasteiger partial charge is 0.309 e. The molecule has 1 rings (SSSR count). The third kappa shape index (κ3) is 3.15. The summed E-state index contributed by atoms with van der Waals surface area (Å²) in [6, 6.07) is 0. The molecule has 5 nitrogen and oxygen atoms in total. The van der Waals surface area contributed by atoms with Crippen LogP contribution in [0.2, 0.25) is 0 Å². The number of nitrogens with two attached hydrogens (primary N) is 1. The predicted octanol–water partition coefficient (Wildman–Crippen LogP) is 0.737. The van der Waals surface area contributed by atoms with Crippen molar-refractivity contribution in [3.05, 3.63) is 17.1 Å². The predicted molar refractivity (Wildman–Crippen MR) is 66.2 cm³/mol. The van der Waals surface area contributed by atoms with Gasteiger partial charge in [-0.25, -0.2) is 15.8 Å². The van der Waals surface area contributed by atoms with Crippen LogP contribution in [0, 0.1) is 6.92 Å². The van der Waals surface area contributed by atoms with Gasteiger partial charge in [-0.1, -0.05) is 6.92 Å². The molecule has 3 N–H and O–H groups in total. The van der Waals surface area contributed by atoms with Gasteiger partial charge in [-0.3, -0.25) is 0 Å². The number of hydrogen-bond donors (Lipinski definition) is 2. The molecule has 0 spiro atoms. The summed E-state index contributed by atoms with van der Waals surface area (Å²) in [7, 11) is 4.07. The second-order valence-electron chi connectivity index (χ2n) is 4.10. The van der Waals surface area contributed by atoms with Crippen LogP contribution < -0.4 is 11.3 Å². The molecular weight excluding hydrogens is 202 g/mol. The number of hydrazine groups is 1. The molecule has 1 heterocycles. The third-order valence-corrected chi connectivity index (χ3v) is 2.53. The van der Waals surface area contributed by atoms with Gasteiger partial charge in [0.05, 0.1) is 0 Å². The van der Waals surface area contributed by atoms with E-state index in [-0.39, 0.29) is 0 Å². The summed E-state index contributed by atoms with van der Waals surface area (Å²) in [6.45, 7) is 5.02. The molecule has 0 bridgehead atoms. The van der Waals surface area contributed by atoms with Crippen molar-refractivity contribution in [1.82, 2.24) is 14.9 Å².